The molecule has 0 bridgehead atoms. The monoisotopic (exact) mass is 337 g/mol. The second-order valence-electron chi connectivity index (χ2n) is 5.93. The zero-order valence-corrected chi connectivity index (χ0v) is 13.9. The van der Waals surface area contributed by atoms with Crippen LogP contribution in [0.15, 0.2) is 30.3 Å². The second-order valence-corrected chi connectivity index (χ2v) is 5.93. The van der Waals surface area contributed by atoms with Crippen LogP contribution in [0.4, 0.5) is 4.79 Å². The minimum Gasteiger partial charge on any atom is -0.461 e. The summed E-state index contributed by atoms with van der Waals surface area (Å²) in [7, 11) is 0. The predicted octanol–water partition coefficient (Wildman–Crippen LogP) is 1.89. The van der Waals surface area contributed by atoms with E-state index >= 15 is 0 Å². The van der Waals surface area contributed by atoms with Gasteiger partial charge in [0, 0.05) is 7.79 Å². The summed E-state index contributed by atoms with van der Waals surface area (Å²) in [6.45, 7) is 3.14. The van der Waals surface area contributed by atoms with Gasteiger partial charge in [0.1, 0.15) is 18.2 Å². The molecule has 1 rings (SSSR count). The van der Waals surface area contributed by atoms with Gasteiger partial charge in [0.05, 0.1) is 0 Å². The number of nitrogens with one attached hydrogen (secondary N) is 1. The Kier molecular flexibility index (Phi) is 6.60. The third-order valence-electron chi connectivity index (χ3n) is 2.88. The minimum atomic E-state index is -1.06. The molecule has 0 fully saturated rings. The summed E-state index contributed by atoms with van der Waals surface area (Å²) in [5.74, 6) is -1.28. The van der Waals surface area contributed by atoms with Crippen LogP contribution in [-0.4, -0.2) is 29.6 Å². The van der Waals surface area contributed by atoms with Gasteiger partial charge < -0.3 is 20.5 Å². The quantitative estimate of drug-likeness (QED) is 0.739. The molecule has 0 heterocycles. The molecule has 0 spiro atoms. The van der Waals surface area contributed by atoms with Gasteiger partial charge in [0.25, 0.3) is 0 Å². The lowest BCUT2D eigenvalue weighted by atomic mass is 10.1. The lowest BCUT2D eigenvalue weighted by molar-refractivity contribution is -0.145. The molecule has 1 atom stereocenters. The summed E-state index contributed by atoms with van der Waals surface area (Å²) in [6, 6.07) is 8.12. The van der Waals surface area contributed by atoms with E-state index in [9.17, 15) is 14.4 Å². The zero-order chi connectivity index (χ0) is 18.9. The standard InChI is InChI=1S/C17H24N2O5/c1-17(2,3)24-16(22)19-13(15(18)21)9-10-14(20)23-11-12-7-5-4-6-8-12/h4-8,13H,9-11H2,1-3H3,(H2,18,21)(H,19,22)/t13-/m0/s1/i1D. The molecule has 2 amide bonds. The molecule has 0 aromatic heterocycles. The number of carbonyl (C=O) groups excluding carboxylic acids is 3. The Morgan fingerprint density at radius 2 is 1.96 bits per heavy atom. The van der Waals surface area contributed by atoms with Crippen LogP contribution in [0.2, 0.25) is 0 Å². The average Bonchev–Trinajstić information content (AvgIpc) is 2.57. The van der Waals surface area contributed by atoms with E-state index in [0.29, 0.717) is 0 Å². The maximum Gasteiger partial charge on any atom is 0.408 e. The Morgan fingerprint density at radius 3 is 2.54 bits per heavy atom. The Hall–Kier alpha value is -2.57. The van der Waals surface area contributed by atoms with Crippen LogP contribution in [0.1, 0.15) is 40.5 Å². The highest BCUT2D eigenvalue weighted by Gasteiger charge is 2.23. The van der Waals surface area contributed by atoms with Gasteiger partial charge in [-0.15, -0.1) is 0 Å². The fourth-order valence-corrected chi connectivity index (χ4v) is 1.78. The number of hydrogen-bond acceptors (Lipinski definition) is 5. The molecule has 0 aliphatic heterocycles. The van der Waals surface area contributed by atoms with Crippen molar-refractivity contribution in [3.63, 3.8) is 0 Å². The number of ether oxygens (including phenoxy) is 2. The van der Waals surface area contributed by atoms with Crippen LogP contribution in [0.25, 0.3) is 0 Å². The van der Waals surface area contributed by atoms with Crippen LogP contribution in [0, 0.1) is 0 Å². The number of benzene rings is 1. The average molecular weight is 337 g/mol. The minimum absolute atomic E-state index is 0.000635. The van der Waals surface area contributed by atoms with Crippen LogP contribution in [-0.2, 0) is 25.7 Å². The largest absolute Gasteiger partial charge is 0.461 e. The van der Waals surface area contributed by atoms with E-state index in [1.54, 1.807) is 13.8 Å². The van der Waals surface area contributed by atoms with Gasteiger partial charge in [-0.1, -0.05) is 30.3 Å². The van der Waals surface area contributed by atoms with Crippen LogP contribution in [0.3, 0.4) is 0 Å². The molecule has 1 aromatic carbocycles. The highest BCUT2D eigenvalue weighted by Crippen LogP contribution is 2.08. The number of nitrogens with two attached hydrogens (primary N) is 1. The van der Waals surface area contributed by atoms with Crippen molar-refractivity contribution in [1.82, 2.24) is 5.32 Å². The fourth-order valence-electron chi connectivity index (χ4n) is 1.78. The van der Waals surface area contributed by atoms with Gasteiger partial charge >= 0.3 is 12.1 Å². The molecule has 0 aliphatic rings. The second kappa shape index (κ2) is 8.90. The van der Waals surface area contributed by atoms with Gasteiger partial charge in [-0.05, 0) is 32.7 Å². The first-order valence-corrected chi connectivity index (χ1v) is 7.51. The van der Waals surface area contributed by atoms with E-state index in [1.807, 2.05) is 30.3 Å². The molecule has 7 nitrogen and oxygen atoms in total. The zero-order valence-electron chi connectivity index (χ0n) is 14.9. The van der Waals surface area contributed by atoms with Crippen molar-refractivity contribution in [1.29, 1.82) is 0 Å². The van der Waals surface area contributed by atoms with E-state index in [-0.39, 0.29) is 26.3 Å². The number of alkyl carbamates (subject to hydrolysis) is 1. The molecule has 0 radical (unpaired) electrons. The number of primary amides is 1. The molecule has 3 N–H and O–H groups in total. The van der Waals surface area contributed by atoms with Gasteiger partial charge in [-0.25, -0.2) is 4.79 Å². The summed E-state index contributed by atoms with van der Waals surface area (Å²) in [5, 5.41) is 2.31. The number of carbonyl (C=O) groups is 3. The van der Waals surface area contributed by atoms with E-state index in [2.05, 4.69) is 5.32 Å². The molecule has 0 aliphatic carbocycles. The van der Waals surface area contributed by atoms with E-state index < -0.39 is 29.6 Å². The molecule has 0 saturated heterocycles. The van der Waals surface area contributed by atoms with Crippen molar-refractivity contribution in [3.05, 3.63) is 35.9 Å². The van der Waals surface area contributed by atoms with Crippen molar-refractivity contribution < 1.29 is 25.2 Å². The van der Waals surface area contributed by atoms with Gasteiger partial charge in [0.2, 0.25) is 5.91 Å². The highest BCUT2D eigenvalue weighted by atomic mass is 16.6. The first kappa shape index (κ1) is 17.8. The lowest BCUT2D eigenvalue weighted by Gasteiger charge is -2.22. The summed E-state index contributed by atoms with van der Waals surface area (Å²) in [5.41, 5.74) is 5.10. The Balaban J connectivity index is 2.43. The third kappa shape index (κ3) is 8.17. The summed E-state index contributed by atoms with van der Waals surface area (Å²) >= 11 is 0. The van der Waals surface area contributed by atoms with Crippen molar-refractivity contribution in [2.24, 2.45) is 5.73 Å². The van der Waals surface area contributed by atoms with Gasteiger partial charge in [0.15, 0.2) is 0 Å². The van der Waals surface area contributed by atoms with Gasteiger partial charge in [-0.3, -0.25) is 9.59 Å². The predicted molar refractivity (Wildman–Crippen MR) is 87.8 cm³/mol. The Morgan fingerprint density at radius 1 is 1.29 bits per heavy atom. The first-order chi connectivity index (χ1) is 11.7. The number of rotatable bonds is 7. The van der Waals surface area contributed by atoms with Crippen LogP contribution >= 0.6 is 0 Å². The van der Waals surface area contributed by atoms with Crippen LogP contribution < -0.4 is 11.1 Å². The van der Waals surface area contributed by atoms with Crippen LogP contribution in [0.5, 0.6) is 0 Å². The maximum absolute atomic E-state index is 11.8. The molecule has 1 aromatic rings. The van der Waals surface area contributed by atoms with Crippen molar-refractivity contribution in [3.8, 4) is 0 Å². The highest BCUT2D eigenvalue weighted by molar-refractivity contribution is 5.84. The first-order valence-electron chi connectivity index (χ1n) is 8.22. The number of hydrogen-bond donors (Lipinski definition) is 2. The molecule has 24 heavy (non-hydrogen) atoms. The molecule has 0 saturated carbocycles. The summed E-state index contributed by atoms with van der Waals surface area (Å²) < 4.78 is 17.4. The molecule has 7 heteroatoms. The van der Waals surface area contributed by atoms with Crippen molar-refractivity contribution in [2.45, 2.75) is 51.8 Å². The smallest absolute Gasteiger partial charge is 0.408 e. The topological polar surface area (TPSA) is 108 Å². The van der Waals surface area contributed by atoms with E-state index in [0.717, 1.165) is 5.56 Å². The van der Waals surface area contributed by atoms with E-state index in [4.69, 9.17) is 16.6 Å². The van der Waals surface area contributed by atoms with Gasteiger partial charge in [-0.2, -0.15) is 0 Å². The number of amides is 2. The Labute approximate surface area is 142 Å². The summed E-state index contributed by atoms with van der Waals surface area (Å²) in [4.78, 5) is 34.9. The fraction of sp³-hybridized carbons (Fsp3) is 0.471. The number of esters is 1. The molecule has 132 valence electrons. The Bertz CT molecular complexity index is 592. The van der Waals surface area contributed by atoms with E-state index in [1.165, 1.54) is 0 Å². The molecule has 0 unspecified atom stereocenters. The van der Waals surface area contributed by atoms with Crippen molar-refractivity contribution >= 4 is 18.0 Å². The lowest BCUT2D eigenvalue weighted by Crippen LogP contribution is -2.46. The molecular weight excluding hydrogens is 312 g/mol. The maximum atomic E-state index is 11.8. The summed E-state index contributed by atoms with van der Waals surface area (Å²) in [6.07, 6.45) is -0.944. The van der Waals surface area contributed by atoms with Crippen molar-refractivity contribution in [2.75, 3.05) is 0 Å². The third-order valence-corrected chi connectivity index (χ3v) is 2.88. The normalized spacial score (nSPS) is 12.7. The molecular formula is C17H24N2O5. The SMILES string of the molecule is [2H]CC(C)(C)OC(=O)N[C@@H](CCC(=O)OCc1ccccc1)C(N)=O.